The molecule has 3 aliphatic rings. The lowest BCUT2D eigenvalue weighted by Crippen LogP contribution is -2.47. The van der Waals surface area contributed by atoms with Crippen LogP contribution in [0.1, 0.15) is 26.7 Å². The number of rotatable bonds is 3. The van der Waals surface area contributed by atoms with E-state index < -0.39 is 21.2 Å². The number of aliphatic hydroxyl groups is 1. The second-order valence-electron chi connectivity index (χ2n) is 6.36. The van der Waals surface area contributed by atoms with Crippen molar-refractivity contribution in [2.75, 3.05) is 6.54 Å². The summed E-state index contributed by atoms with van der Waals surface area (Å²) in [5, 5.41) is 25.0. The van der Waals surface area contributed by atoms with Crippen LogP contribution in [0.5, 0.6) is 0 Å². The van der Waals surface area contributed by atoms with Crippen LogP contribution in [-0.4, -0.2) is 41.1 Å². The molecule has 3 aliphatic carbocycles. The van der Waals surface area contributed by atoms with E-state index in [1.807, 2.05) is 6.08 Å². The van der Waals surface area contributed by atoms with Crippen molar-refractivity contribution < 1.29 is 23.5 Å². The largest absolute Gasteiger partial charge is 0.381 e. The van der Waals surface area contributed by atoms with Gasteiger partial charge >= 0.3 is 0 Å². The molecule has 0 bridgehead atoms. The molecule has 0 amide bonds. The fraction of sp³-hybridized carbons (Fsp3) is 0.500. The van der Waals surface area contributed by atoms with E-state index in [4.69, 9.17) is 5.14 Å². The Morgan fingerprint density at radius 3 is 2.45 bits per heavy atom. The lowest BCUT2D eigenvalue weighted by atomic mass is 9.72. The third-order valence-electron chi connectivity index (χ3n) is 4.90. The minimum Gasteiger partial charge on any atom is -0.381 e. The second kappa shape index (κ2) is 4.36. The van der Waals surface area contributed by atoms with Crippen LogP contribution in [0, 0.1) is 5.41 Å². The SMILES string of the molecule is CC1=C(CN(O)S(N)(=O)=O)C2=CC3(CC3)C(C)(O)C(=O)C2=C1. The van der Waals surface area contributed by atoms with Gasteiger partial charge < -0.3 is 5.11 Å². The zero-order valence-electron chi connectivity index (χ0n) is 12.3. The maximum atomic E-state index is 12.6. The summed E-state index contributed by atoms with van der Waals surface area (Å²) in [6.45, 7) is 2.91. The van der Waals surface area contributed by atoms with Gasteiger partial charge in [-0.25, -0.2) is 5.14 Å². The Labute approximate surface area is 128 Å². The maximum absolute atomic E-state index is 12.6. The van der Waals surface area contributed by atoms with Gasteiger partial charge in [0.15, 0.2) is 5.78 Å². The monoisotopic (exact) mass is 326 g/mol. The first-order chi connectivity index (χ1) is 9.99. The maximum Gasteiger partial charge on any atom is 0.299 e. The predicted molar refractivity (Wildman–Crippen MR) is 77.8 cm³/mol. The van der Waals surface area contributed by atoms with Gasteiger partial charge in [-0.3, -0.25) is 10.0 Å². The van der Waals surface area contributed by atoms with E-state index in [0.717, 1.165) is 0 Å². The van der Waals surface area contributed by atoms with Crippen LogP contribution in [0.15, 0.2) is 34.4 Å². The van der Waals surface area contributed by atoms with E-state index in [-0.39, 0.29) is 16.8 Å². The normalized spacial score (nSPS) is 29.8. The second-order valence-corrected chi connectivity index (χ2v) is 7.81. The van der Waals surface area contributed by atoms with Gasteiger partial charge in [-0.1, -0.05) is 10.5 Å². The number of nitrogens with two attached hydrogens (primary N) is 1. The molecule has 0 saturated heterocycles. The molecule has 0 aromatic rings. The minimum atomic E-state index is -4.23. The van der Waals surface area contributed by atoms with Gasteiger partial charge in [-0.05, 0) is 49.5 Å². The standard InChI is InChI=1S/C14H18N2O5S/c1-8-5-9-10(11(8)7-16(19)22(15,20)21)6-14(3-4-14)13(2,18)12(9)17/h5-6,18-19H,3-4,7H2,1-2H3,(H2,15,20,21). The minimum absolute atomic E-state index is 0.0558. The molecule has 1 fully saturated rings. The number of nitrogens with zero attached hydrogens (tertiary/aromatic N) is 1. The van der Waals surface area contributed by atoms with E-state index in [1.54, 1.807) is 13.0 Å². The highest BCUT2D eigenvalue weighted by atomic mass is 32.2. The average molecular weight is 326 g/mol. The number of allylic oxidation sites excluding steroid dienone is 2. The molecule has 1 unspecified atom stereocenters. The Balaban J connectivity index is 2.02. The molecule has 0 aliphatic heterocycles. The Kier molecular flexibility index (Phi) is 3.09. The quantitative estimate of drug-likeness (QED) is 0.639. The van der Waals surface area contributed by atoms with Crippen LogP contribution in [-0.2, 0) is 15.0 Å². The van der Waals surface area contributed by atoms with Crippen molar-refractivity contribution in [3.05, 3.63) is 34.4 Å². The molecule has 22 heavy (non-hydrogen) atoms. The Bertz CT molecular complexity index is 769. The highest BCUT2D eigenvalue weighted by Gasteiger charge is 2.62. The zero-order chi connectivity index (χ0) is 16.5. The molecule has 0 heterocycles. The molecule has 0 aromatic carbocycles. The number of fused-ring (bicyclic) bond motifs is 1. The van der Waals surface area contributed by atoms with Gasteiger partial charge in [0.1, 0.15) is 5.60 Å². The topological polar surface area (TPSA) is 121 Å². The Hall–Kier alpha value is -1.32. The fourth-order valence-corrected chi connectivity index (χ4v) is 3.52. The summed E-state index contributed by atoms with van der Waals surface area (Å²) < 4.78 is 22.4. The van der Waals surface area contributed by atoms with Gasteiger partial charge in [0.05, 0.1) is 6.54 Å². The molecule has 7 nitrogen and oxygen atoms in total. The fourth-order valence-electron chi connectivity index (χ4n) is 3.22. The van der Waals surface area contributed by atoms with Crippen molar-refractivity contribution in [1.82, 2.24) is 4.47 Å². The molecule has 3 rings (SSSR count). The molecule has 120 valence electrons. The first-order valence-corrected chi connectivity index (χ1v) is 8.41. The summed E-state index contributed by atoms with van der Waals surface area (Å²) in [4.78, 5) is 12.6. The van der Waals surface area contributed by atoms with Gasteiger partial charge in [0.25, 0.3) is 10.2 Å². The first-order valence-electron chi connectivity index (χ1n) is 6.91. The first kappa shape index (κ1) is 15.6. The van der Waals surface area contributed by atoms with Crippen molar-refractivity contribution in [2.24, 2.45) is 10.6 Å². The van der Waals surface area contributed by atoms with E-state index in [1.165, 1.54) is 6.92 Å². The predicted octanol–water partition coefficient (Wildman–Crippen LogP) is 0.178. The van der Waals surface area contributed by atoms with Gasteiger partial charge in [-0.2, -0.15) is 8.42 Å². The highest BCUT2D eigenvalue weighted by Crippen LogP contribution is 2.61. The molecule has 4 N–H and O–H groups in total. The number of hydroxylamine groups is 1. The molecular formula is C14H18N2O5S. The van der Waals surface area contributed by atoms with Gasteiger partial charge in [-0.15, -0.1) is 0 Å². The third kappa shape index (κ3) is 2.03. The smallest absolute Gasteiger partial charge is 0.299 e. The van der Waals surface area contributed by atoms with Crippen molar-refractivity contribution in [1.29, 1.82) is 0 Å². The number of hydrogen-bond acceptors (Lipinski definition) is 5. The Morgan fingerprint density at radius 2 is 1.95 bits per heavy atom. The van der Waals surface area contributed by atoms with Crippen LogP contribution in [0.2, 0.25) is 0 Å². The molecule has 0 aromatic heterocycles. The van der Waals surface area contributed by atoms with Crippen LogP contribution < -0.4 is 5.14 Å². The number of carbonyl (C=O) groups is 1. The molecule has 1 saturated carbocycles. The highest BCUT2D eigenvalue weighted by molar-refractivity contribution is 7.86. The van der Waals surface area contributed by atoms with Crippen LogP contribution in [0.25, 0.3) is 0 Å². The van der Waals surface area contributed by atoms with Crippen molar-refractivity contribution in [3.8, 4) is 0 Å². The van der Waals surface area contributed by atoms with Crippen molar-refractivity contribution >= 4 is 16.0 Å². The van der Waals surface area contributed by atoms with Crippen LogP contribution >= 0.6 is 0 Å². The van der Waals surface area contributed by atoms with E-state index in [0.29, 0.717) is 35.1 Å². The van der Waals surface area contributed by atoms with Crippen LogP contribution in [0.4, 0.5) is 0 Å². The summed E-state index contributed by atoms with van der Waals surface area (Å²) in [6, 6.07) is 0. The number of Topliss-reactive ketones (excluding diaryl/α,β-unsaturated/α-hetero) is 1. The van der Waals surface area contributed by atoms with Gasteiger partial charge in [0.2, 0.25) is 0 Å². The molecule has 8 heteroatoms. The zero-order valence-corrected chi connectivity index (χ0v) is 13.1. The lowest BCUT2D eigenvalue weighted by molar-refractivity contribution is -0.137. The third-order valence-corrected chi connectivity index (χ3v) is 5.62. The van der Waals surface area contributed by atoms with E-state index >= 15 is 0 Å². The summed E-state index contributed by atoms with van der Waals surface area (Å²) in [7, 11) is -4.23. The summed E-state index contributed by atoms with van der Waals surface area (Å²) in [6.07, 6.45) is 4.85. The summed E-state index contributed by atoms with van der Waals surface area (Å²) in [5.74, 6) is -0.364. The van der Waals surface area contributed by atoms with E-state index in [9.17, 15) is 23.5 Å². The number of hydrogen-bond donors (Lipinski definition) is 3. The average Bonchev–Trinajstić information content (AvgIpc) is 3.11. The summed E-state index contributed by atoms with van der Waals surface area (Å²) >= 11 is 0. The number of ketones is 1. The van der Waals surface area contributed by atoms with Crippen molar-refractivity contribution in [3.63, 3.8) is 0 Å². The Morgan fingerprint density at radius 1 is 1.36 bits per heavy atom. The van der Waals surface area contributed by atoms with Crippen molar-refractivity contribution in [2.45, 2.75) is 32.3 Å². The molecular weight excluding hydrogens is 308 g/mol. The molecule has 1 spiro atoms. The summed E-state index contributed by atoms with van der Waals surface area (Å²) in [5.41, 5.74) is 0.116. The van der Waals surface area contributed by atoms with E-state index in [2.05, 4.69) is 0 Å². The van der Waals surface area contributed by atoms with Crippen LogP contribution in [0.3, 0.4) is 0 Å². The number of carbonyl (C=O) groups excluding carboxylic acids is 1. The van der Waals surface area contributed by atoms with Gasteiger partial charge in [0, 0.05) is 11.0 Å². The molecule has 1 atom stereocenters. The lowest BCUT2D eigenvalue weighted by Gasteiger charge is -2.35. The molecule has 0 radical (unpaired) electrons.